The van der Waals surface area contributed by atoms with Crippen LogP contribution in [0.4, 0.5) is 0 Å². The first-order valence-electron chi connectivity index (χ1n) is 6.22. The first-order chi connectivity index (χ1) is 7.91. The van der Waals surface area contributed by atoms with Crippen molar-refractivity contribution in [3.63, 3.8) is 0 Å². The summed E-state index contributed by atoms with van der Waals surface area (Å²) in [5, 5.41) is 11.9. The molecular formula is C13H26N2O3. The minimum absolute atomic E-state index is 0.205. The van der Waals surface area contributed by atoms with E-state index in [2.05, 4.69) is 5.32 Å². The first kappa shape index (κ1) is 16.9. The lowest BCUT2D eigenvalue weighted by Gasteiger charge is -2.39. The van der Waals surface area contributed by atoms with Crippen LogP contribution in [0.25, 0.3) is 0 Å². The first-order valence-corrected chi connectivity index (χ1v) is 6.22. The molecule has 106 valence electrons. The molecule has 1 unspecified atom stereocenters. The molecule has 0 bridgehead atoms. The van der Waals surface area contributed by atoms with Gasteiger partial charge in [-0.05, 0) is 33.6 Å². The Morgan fingerprint density at radius 2 is 1.67 bits per heavy atom. The quantitative estimate of drug-likeness (QED) is 0.671. The number of nitrogens with one attached hydrogen (secondary N) is 1. The van der Waals surface area contributed by atoms with Gasteiger partial charge in [0.15, 0.2) is 0 Å². The summed E-state index contributed by atoms with van der Waals surface area (Å²) in [7, 11) is 0. The van der Waals surface area contributed by atoms with Gasteiger partial charge in [-0.15, -0.1) is 0 Å². The molecule has 4 N–H and O–H groups in total. The fourth-order valence-electron chi connectivity index (χ4n) is 1.27. The summed E-state index contributed by atoms with van der Waals surface area (Å²) in [5.74, 6) is -0.942. The Labute approximate surface area is 109 Å². The summed E-state index contributed by atoms with van der Waals surface area (Å²) in [6.45, 7) is 10.5. The smallest absolute Gasteiger partial charge is 0.311 e. The number of nitrogens with two attached hydrogens (primary N) is 1. The number of aliphatic carboxylic acids is 1. The zero-order valence-corrected chi connectivity index (χ0v) is 12.2. The molecule has 0 spiro atoms. The lowest BCUT2D eigenvalue weighted by atomic mass is 9.74. The van der Waals surface area contributed by atoms with Crippen molar-refractivity contribution in [3.05, 3.63) is 0 Å². The van der Waals surface area contributed by atoms with Gasteiger partial charge in [-0.3, -0.25) is 9.59 Å². The maximum absolute atomic E-state index is 11.9. The van der Waals surface area contributed by atoms with E-state index >= 15 is 0 Å². The minimum atomic E-state index is -1.05. The van der Waals surface area contributed by atoms with Gasteiger partial charge in [0.25, 0.3) is 0 Å². The Hall–Kier alpha value is -1.10. The monoisotopic (exact) mass is 258 g/mol. The highest BCUT2D eigenvalue weighted by atomic mass is 16.4. The van der Waals surface area contributed by atoms with Crippen molar-refractivity contribution in [1.82, 2.24) is 5.32 Å². The average Bonchev–Trinajstić information content (AvgIpc) is 2.15. The molecule has 5 heteroatoms. The number of carboxylic acid groups (broad SMARTS) is 1. The van der Waals surface area contributed by atoms with E-state index in [0.717, 1.165) is 0 Å². The van der Waals surface area contributed by atoms with Crippen LogP contribution in [0.5, 0.6) is 0 Å². The fraction of sp³-hybridized carbons (Fsp3) is 0.846. The lowest BCUT2D eigenvalue weighted by molar-refractivity contribution is -0.151. The average molecular weight is 258 g/mol. The second-order valence-corrected chi connectivity index (χ2v) is 6.22. The largest absolute Gasteiger partial charge is 0.481 e. The van der Waals surface area contributed by atoms with Crippen molar-refractivity contribution in [2.45, 2.75) is 59.5 Å². The third-order valence-electron chi connectivity index (χ3n) is 3.83. The van der Waals surface area contributed by atoms with Crippen molar-refractivity contribution in [3.8, 4) is 0 Å². The number of hydrogen-bond donors (Lipinski definition) is 3. The number of rotatable bonds is 6. The molecule has 5 nitrogen and oxygen atoms in total. The molecule has 1 atom stereocenters. The van der Waals surface area contributed by atoms with Gasteiger partial charge in [0.2, 0.25) is 5.91 Å². The van der Waals surface area contributed by atoms with E-state index in [0.29, 0.717) is 0 Å². The van der Waals surface area contributed by atoms with Crippen LogP contribution in [0, 0.1) is 11.3 Å². The summed E-state index contributed by atoms with van der Waals surface area (Å²) in [4.78, 5) is 23.1. The second-order valence-electron chi connectivity index (χ2n) is 6.22. The standard InChI is InChI=1S/C13H26N2O3/c1-8(2)9(14)7-10(16)15-13(5,6)12(3,4)11(17)18/h8-9H,7,14H2,1-6H3,(H,15,16)(H,17,18). The summed E-state index contributed by atoms with van der Waals surface area (Å²) in [6, 6.07) is -0.214. The van der Waals surface area contributed by atoms with Crippen LogP contribution in [-0.2, 0) is 9.59 Å². The molecule has 0 aliphatic carbocycles. The molecule has 0 aromatic heterocycles. The summed E-state index contributed by atoms with van der Waals surface area (Å²) >= 11 is 0. The Balaban J connectivity index is 4.69. The second kappa shape index (κ2) is 5.69. The van der Waals surface area contributed by atoms with Gasteiger partial charge in [0.05, 0.1) is 5.41 Å². The summed E-state index contributed by atoms with van der Waals surface area (Å²) in [6.07, 6.45) is 0.205. The van der Waals surface area contributed by atoms with Crippen LogP contribution in [0.3, 0.4) is 0 Å². The van der Waals surface area contributed by atoms with E-state index < -0.39 is 16.9 Å². The van der Waals surface area contributed by atoms with E-state index in [4.69, 9.17) is 5.73 Å². The maximum atomic E-state index is 11.9. The number of carbonyl (C=O) groups excluding carboxylic acids is 1. The van der Waals surface area contributed by atoms with E-state index in [1.807, 2.05) is 13.8 Å². The molecule has 0 aliphatic rings. The third-order valence-corrected chi connectivity index (χ3v) is 3.83. The van der Waals surface area contributed by atoms with Crippen molar-refractivity contribution in [1.29, 1.82) is 0 Å². The Bertz CT molecular complexity index is 322. The van der Waals surface area contributed by atoms with E-state index in [9.17, 15) is 14.7 Å². The van der Waals surface area contributed by atoms with E-state index in [1.165, 1.54) is 0 Å². The molecule has 0 aliphatic heterocycles. The zero-order chi connectivity index (χ0) is 14.7. The van der Waals surface area contributed by atoms with Crippen molar-refractivity contribution in [2.75, 3.05) is 0 Å². The van der Waals surface area contributed by atoms with Gasteiger partial charge in [-0.1, -0.05) is 13.8 Å². The van der Waals surface area contributed by atoms with Crippen LogP contribution in [0.1, 0.15) is 48.0 Å². The highest BCUT2D eigenvalue weighted by molar-refractivity contribution is 5.81. The summed E-state index contributed by atoms with van der Waals surface area (Å²) < 4.78 is 0. The SMILES string of the molecule is CC(C)C(N)CC(=O)NC(C)(C)C(C)(C)C(=O)O. The highest BCUT2D eigenvalue weighted by Crippen LogP contribution is 2.30. The predicted octanol–water partition coefficient (Wildman–Crippen LogP) is 1.37. The van der Waals surface area contributed by atoms with Crippen molar-refractivity contribution < 1.29 is 14.7 Å². The lowest BCUT2D eigenvalue weighted by Crippen LogP contribution is -2.57. The molecule has 0 heterocycles. The van der Waals surface area contributed by atoms with Crippen molar-refractivity contribution >= 4 is 11.9 Å². The van der Waals surface area contributed by atoms with Crippen LogP contribution in [0.15, 0.2) is 0 Å². The van der Waals surface area contributed by atoms with Crippen LogP contribution in [-0.4, -0.2) is 28.6 Å². The van der Waals surface area contributed by atoms with E-state index in [1.54, 1.807) is 27.7 Å². The highest BCUT2D eigenvalue weighted by Gasteiger charge is 2.44. The van der Waals surface area contributed by atoms with Gasteiger partial charge in [-0.25, -0.2) is 0 Å². The molecule has 18 heavy (non-hydrogen) atoms. The number of carbonyl (C=O) groups is 2. The van der Waals surface area contributed by atoms with Gasteiger partial charge in [0, 0.05) is 18.0 Å². The van der Waals surface area contributed by atoms with Crippen molar-refractivity contribution in [2.24, 2.45) is 17.1 Å². The molecule has 0 rings (SSSR count). The molecule has 0 radical (unpaired) electrons. The summed E-state index contributed by atoms with van der Waals surface area (Å²) in [5.41, 5.74) is 3.94. The minimum Gasteiger partial charge on any atom is -0.481 e. The van der Waals surface area contributed by atoms with Gasteiger partial charge in [-0.2, -0.15) is 0 Å². The zero-order valence-electron chi connectivity index (χ0n) is 12.2. The molecule has 1 amide bonds. The Morgan fingerprint density at radius 1 is 1.22 bits per heavy atom. The molecule has 0 aromatic carbocycles. The topological polar surface area (TPSA) is 92.4 Å². The Kier molecular flexibility index (Phi) is 5.35. The van der Waals surface area contributed by atoms with Crippen LogP contribution in [0.2, 0.25) is 0 Å². The predicted molar refractivity (Wildman–Crippen MR) is 71.1 cm³/mol. The molecule has 0 saturated heterocycles. The van der Waals surface area contributed by atoms with Gasteiger partial charge < -0.3 is 16.2 Å². The normalized spacial score (nSPS) is 14.4. The number of hydrogen-bond acceptors (Lipinski definition) is 3. The molecule has 0 aromatic rings. The number of carboxylic acids is 1. The Morgan fingerprint density at radius 3 is 2.00 bits per heavy atom. The van der Waals surface area contributed by atoms with E-state index in [-0.39, 0.29) is 24.3 Å². The number of amides is 1. The molecule has 0 saturated carbocycles. The van der Waals surface area contributed by atoms with Crippen LogP contribution >= 0.6 is 0 Å². The van der Waals surface area contributed by atoms with Gasteiger partial charge >= 0.3 is 5.97 Å². The fourth-order valence-corrected chi connectivity index (χ4v) is 1.27. The van der Waals surface area contributed by atoms with Crippen LogP contribution < -0.4 is 11.1 Å². The molecular weight excluding hydrogens is 232 g/mol. The maximum Gasteiger partial charge on any atom is 0.311 e. The molecule has 0 fully saturated rings. The third kappa shape index (κ3) is 3.98. The van der Waals surface area contributed by atoms with Gasteiger partial charge in [0.1, 0.15) is 0 Å².